The van der Waals surface area contributed by atoms with Gasteiger partial charge in [0, 0.05) is 5.02 Å². The zero-order valence-corrected chi connectivity index (χ0v) is 13.9. The number of benzene rings is 1. The predicted octanol–water partition coefficient (Wildman–Crippen LogP) is 3.25. The van der Waals surface area contributed by atoms with Crippen LogP contribution in [-0.4, -0.2) is 40.9 Å². The summed E-state index contributed by atoms with van der Waals surface area (Å²) in [6.07, 6.45) is 1.48. The minimum atomic E-state index is 0.593. The Kier molecular flexibility index (Phi) is 4.36. The lowest BCUT2D eigenvalue weighted by Crippen LogP contribution is -2.09. The largest absolute Gasteiger partial charge is 0.494 e. The van der Waals surface area contributed by atoms with Crippen molar-refractivity contribution in [2.45, 2.75) is 6.54 Å². The molecule has 0 aliphatic heterocycles. The molecule has 3 rings (SSSR count). The molecule has 0 atom stereocenters. The summed E-state index contributed by atoms with van der Waals surface area (Å²) in [6.45, 7) is 0.717. The van der Waals surface area contributed by atoms with Crippen molar-refractivity contribution in [1.29, 1.82) is 0 Å². The first-order chi connectivity index (χ1) is 11.1. The normalized spacial score (nSPS) is 11.2. The van der Waals surface area contributed by atoms with Crippen LogP contribution in [0.3, 0.4) is 0 Å². The number of hydrogen-bond donors (Lipinski definition) is 0. The van der Waals surface area contributed by atoms with Crippen molar-refractivity contribution in [3.8, 4) is 23.0 Å². The first-order valence-corrected chi connectivity index (χ1v) is 7.44. The second-order valence-corrected chi connectivity index (χ2v) is 5.75. The molecule has 0 aliphatic rings. The summed E-state index contributed by atoms with van der Waals surface area (Å²) in [7, 11) is 5.58. The second-order valence-electron chi connectivity index (χ2n) is 5.32. The van der Waals surface area contributed by atoms with Gasteiger partial charge in [-0.15, -0.1) is 0 Å². The van der Waals surface area contributed by atoms with Gasteiger partial charge in [0.1, 0.15) is 23.5 Å². The van der Waals surface area contributed by atoms with E-state index in [1.807, 2.05) is 31.1 Å². The monoisotopic (exact) mass is 332 g/mol. The first kappa shape index (κ1) is 15.6. The molecule has 2 aromatic heterocycles. The lowest BCUT2D eigenvalue weighted by molar-refractivity contribution is 0.353. The van der Waals surface area contributed by atoms with E-state index in [4.69, 9.17) is 20.8 Å². The number of halogens is 1. The number of methoxy groups -OCH3 is 1. The molecule has 7 heteroatoms. The minimum absolute atomic E-state index is 0.593. The van der Waals surface area contributed by atoms with E-state index in [1.54, 1.807) is 30.0 Å². The molecule has 0 saturated carbocycles. The second kappa shape index (κ2) is 6.44. The SMILES string of the molecule is COc1ccc(Cl)cc1-n1ncnc1-c1ccc(CN(C)C)o1. The molecule has 120 valence electrons. The van der Waals surface area contributed by atoms with Crippen molar-refractivity contribution in [1.82, 2.24) is 19.7 Å². The Bertz CT molecular complexity index is 810. The van der Waals surface area contributed by atoms with Gasteiger partial charge in [0.2, 0.25) is 0 Å². The van der Waals surface area contributed by atoms with Crippen LogP contribution in [0.25, 0.3) is 17.3 Å². The molecule has 0 radical (unpaired) electrons. The van der Waals surface area contributed by atoms with E-state index in [0.29, 0.717) is 34.6 Å². The highest BCUT2D eigenvalue weighted by atomic mass is 35.5. The number of rotatable bonds is 5. The average Bonchev–Trinajstić information content (AvgIpc) is 3.15. The van der Waals surface area contributed by atoms with Crippen LogP contribution >= 0.6 is 11.6 Å². The molecule has 0 fully saturated rings. The van der Waals surface area contributed by atoms with Gasteiger partial charge in [0.25, 0.3) is 0 Å². The Hall–Kier alpha value is -2.31. The van der Waals surface area contributed by atoms with Gasteiger partial charge in [-0.3, -0.25) is 0 Å². The highest BCUT2D eigenvalue weighted by Gasteiger charge is 2.16. The van der Waals surface area contributed by atoms with E-state index in [-0.39, 0.29) is 0 Å². The average molecular weight is 333 g/mol. The van der Waals surface area contributed by atoms with Crippen molar-refractivity contribution < 1.29 is 9.15 Å². The molecular formula is C16H17ClN4O2. The number of ether oxygens (including phenoxy) is 1. The zero-order chi connectivity index (χ0) is 16.4. The molecule has 23 heavy (non-hydrogen) atoms. The molecular weight excluding hydrogens is 316 g/mol. The van der Waals surface area contributed by atoms with Gasteiger partial charge in [-0.25, -0.2) is 9.67 Å². The maximum atomic E-state index is 6.10. The zero-order valence-electron chi connectivity index (χ0n) is 13.2. The number of hydrogen-bond acceptors (Lipinski definition) is 5. The lowest BCUT2D eigenvalue weighted by atomic mass is 10.3. The van der Waals surface area contributed by atoms with Crippen molar-refractivity contribution in [3.63, 3.8) is 0 Å². The van der Waals surface area contributed by atoms with E-state index < -0.39 is 0 Å². The molecule has 0 amide bonds. The summed E-state index contributed by atoms with van der Waals surface area (Å²) in [5, 5.41) is 4.87. The van der Waals surface area contributed by atoms with Gasteiger partial charge >= 0.3 is 0 Å². The summed E-state index contributed by atoms with van der Waals surface area (Å²) in [6, 6.07) is 9.16. The third-order valence-corrected chi connectivity index (χ3v) is 3.51. The maximum Gasteiger partial charge on any atom is 0.199 e. The van der Waals surface area contributed by atoms with E-state index in [0.717, 1.165) is 5.76 Å². The fourth-order valence-electron chi connectivity index (χ4n) is 2.31. The third kappa shape index (κ3) is 3.23. The molecule has 0 spiro atoms. The summed E-state index contributed by atoms with van der Waals surface area (Å²) < 4.78 is 12.9. The van der Waals surface area contributed by atoms with Crippen LogP contribution in [0.5, 0.6) is 5.75 Å². The summed E-state index contributed by atoms with van der Waals surface area (Å²) in [4.78, 5) is 6.34. The molecule has 1 aromatic carbocycles. The Labute approximate surface area is 139 Å². The van der Waals surface area contributed by atoms with Crippen molar-refractivity contribution in [2.75, 3.05) is 21.2 Å². The fraction of sp³-hybridized carbons (Fsp3) is 0.250. The van der Waals surface area contributed by atoms with Crippen molar-refractivity contribution in [3.05, 3.63) is 47.4 Å². The predicted molar refractivity (Wildman–Crippen MR) is 88.0 cm³/mol. The van der Waals surface area contributed by atoms with Crippen molar-refractivity contribution in [2.24, 2.45) is 0 Å². The van der Waals surface area contributed by atoms with Crippen LogP contribution in [0.4, 0.5) is 0 Å². The highest BCUT2D eigenvalue weighted by molar-refractivity contribution is 6.30. The molecule has 2 heterocycles. The third-order valence-electron chi connectivity index (χ3n) is 3.27. The van der Waals surface area contributed by atoms with Gasteiger partial charge in [0.15, 0.2) is 11.6 Å². The van der Waals surface area contributed by atoms with Crippen LogP contribution < -0.4 is 4.74 Å². The molecule has 0 aliphatic carbocycles. The highest BCUT2D eigenvalue weighted by Crippen LogP contribution is 2.30. The lowest BCUT2D eigenvalue weighted by Gasteiger charge is -2.10. The van der Waals surface area contributed by atoms with Gasteiger partial charge in [-0.1, -0.05) is 11.6 Å². The van der Waals surface area contributed by atoms with Gasteiger partial charge in [0.05, 0.1) is 13.7 Å². The van der Waals surface area contributed by atoms with Crippen molar-refractivity contribution >= 4 is 11.6 Å². The molecule has 0 saturated heterocycles. The molecule has 0 N–H and O–H groups in total. The van der Waals surface area contributed by atoms with E-state index >= 15 is 0 Å². The van der Waals surface area contributed by atoms with E-state index in [2.05, 4.69) is 10.1 Å². The Morgan fingerprint density at radius 1 is 1.26 bits per heavy atom. The Balaban J connectivity index is 2.03. The van der Waals surface area contributed by atoms with Crippen LogP contribution in [0.1, 0.15) is 5.76 Å². The van der Waals surface area contributed by atoms with Crippen LogP contribution in [0.15, 0.2) is 41.1 Å². The fourth-order valence-corrected chi connectivity index (χ4v) is 2.48. The maximum absolute atomic E-state index is 6.10. The van der Waals surface area contributed by atoms with Crippen LogP contribution in [-0.2, 0) is 6.54 Å². The topological polar surface area (TPSA) is 56.3 Å². The molecule has 6 nitrogen and oxygen atoms in total. The first-order valence-electron chi connectivity index (χ1n) is 7.06. The van der Waals surface area contributed by atoms with E-state index in [1.165, 1.54) is 6.33 Å². The van der Waals surface area contributed by atoms with Gasteiger partial charge in [-0.05, 0) is 44.4 Å². The quantitative estimate of drug-likeness (QED) is 0.718. The Morgan fingerprint density at radius 3 is 2.83 bits per heavy atom. The van der Waals surface area contributed by atoms with Gasteiger partial charge in [-0.2, -0.15) is 5.10 Å². The number of furan rings is 1. The number of nitrogens with zero attached hydrogens (tertiary/aromatic N) is 4. The van der Waals surface area contributed by atoms with Gasteiger partial charge < -0.3 is 14.1 Å². The smallest absolute Gasteiger partial charge is 0.199 e. The Morgan fingerprint density at radius 2 is 2.09 bits per heavy atom. The summed E-state index contributed by atoms with van der Waals surface area (Å²) >= 11 is 6.10. The summed E-state index contributed by atoms with van der Waals surface area (Å²) in [5.41, 5.74) is 0.707. The molecule has 0 unspecified atom stereocenters. The standard InChI is InChI=1S/C16H17ClN4O2/c1-20(2)9-12-5-7-15(23-12)16-18-10-19-21(16)13-8-11(17)4-6-14(13)22-3/h4-8,10H,9H2,1-3H3. The van der Waals surface area contributed by atoms with Crippen LogP contribution in [0, 0.1) is 0 Å². The molecule has 3 aromatic rings. The van der Waals surface area contributed by atoms with Crippen LogP contribution in [0.2, 0.25) is 5.02 Å². The number of aromatic nitrogens is 3. The van der Waals surface area contributed by atoms with E-state index in [9.17, 15) is 0 Å². The molecule has 0 bridgehead atoms. The minimum Gasteiger partial charge on any atom is -0.494 e. The summed E-state index contributed by atoms with van der Waals surface area (Å²) in [5.74, 6) is 2.75.